The van der Waals surface area contributed by atoms with Gasteiger partial charge in [-0.05, 0) is 32.1 Å². The minimum atomic E-state index is -0.951. The standard InChI is InChI=1S/C14H22N2O4/c1-3-9(2)16-12(17)6-11(14(16)20)15(8-13(18)19)7-10-4-5-10/h9-11H,3-8H2,1-2H3,(H,18,19). The van der Waals surface area contributed by atoms with Gasteiger partial charge >= 0.3 is 5.97 Å². The minimum Gasteiger partial charge on any atom is -0.480 e. The number of aliphatic carboxylic acids is 1. The topological polar surface area (TPSA) is 77.9 Å². The first-order chi connectivity index (χ1) is 9.43. The largest absolute Gasteiger partial charge is 0.480 e. The monoisotopic (exact) mass is 282 g/mol. The Morgan fingerprint density at radius 3 is 2.60 bits per heavy atom. The van der Waals surface area contributed by atoms with E-state index in [0.717, 1.165) is 12.8 Å². The molecule has 1 heterocycles. The summed E-state index contributed by atoms with van der Waals surface area (Å²) in [5.74, 6) is -0.880. The average molecular weight is 282 g/mol. The van der Waals surface area contributed by atoms with E-state index in [1.54, 1.807) is 4.90 Å². The van der Waals surface area contributed by atoms with E-state index in [1.807, 2.05) is 13.8 Å². The second-order valence-electron chi connectivity index (χ2n) is 5.85. The van der Waals surface area contributed by atoms with E-state index in [2.05, 4.69) is 0 Å². The summed E-state index contributed by atoms with van der Waals surface area (Å²) in [7, 11) is 0. The summed E-state index contributed by atoms with van der Waals surface area (Å²) in [5.41, 5.74) is 0. The van der Waals surface area contributed by atoms with Crippen LogP contribution < -0.4 is 0 Å². The van der Waals surface area contributed by atoms with Crippen molar-refractivity contribution < 1.29 is 19.5 Å². The van der Waals surface area contributed by atoms with E-state index >= 15 is 0 Å². The van der Waals surface area contributed by atoms with Crippen LogP contribution in [0.3, 0.4) is 0 Å². The number of nitrogens with zero attached hydrogens (tertiary/aromatic N) is 2. The van der Waals surface area contributed by atoms with Crippen LogP contribution in [-0.4, -0.2) is 57.9 Å². The SMILES string of the molecule is CCC(C)N1C(=O)CC(N(CC(=O)O)CC2CC2)C1=O. The second-order valence-corrected chi connectivity index (χ2v) is 5.85. The van der Waals surface area contributed by atoms with Crippen LogP contribution in [0.15, 0.2) is 0 Å². The molecule has 2 amide bonds. The van der Waals surface area contributed by atoms with Crippen LogP contribution in [0.2, 0.25) is 0 Å². The van der Waals surface area contributed by atoms with E-state index in [1.165, 1.54) is 4.90 Å². The maximum Gasteiger partial charge on any atom is 0.317 e. The summed E-state index contributed by atoms with van der Waals surface area (Å²) in [4.78, 5) is 38.4. The second kappa shape index (κ2) is 5.91. The van der Waals surface area contributed by atoms with Crippen LogP contribution in [0, 0.1) is 5.92 Å². The number of carbonyl (C=O) groups excluding carboxylic acids is 2. The van der Waals surface area contributed by atoms with Gasteiger partial charge in [-0.15, -0.1) is 0 Å². The fourth-order valence-electron chi connectivity index (χ4n) is 2.67. The van der Waals surface area contributed by atoms with Gasteiger partial charge in [-0.1, -0.05) is 6.92 Å². The first-order valence-corrected chi connectivity index (χ1v) is 7.25. The molecule has 6 heteroatoms. The Balaban J connectivity index is 2.10. The number of imide groups is 1. The van der Waals surface area contributed by atoms with Gasteiger partial charge in [0.05, 0.1) is 19.0 Å². The van der Waals surface area contributed by atoms with Gasteiger partial charge in [0.25, 0.3) is 0 Å². The van der Waals surface area contributed by atoms with Gasteiger partial charge in [0.2, 0.25) is 11.8 Å². The van der Waals surface area contributed by atoms with Crippen molar-refractivity contribution in [1.29, 1.82) is 0 Å². The molecule has 0 aromatic carbocycles. The third kappa shape index (κ3) is 3.17. The lowest BCUT2D eigenvalue weighted by molar-refractivity contribution is -0.143. The lowest BCUT2D eigenvalue weighted by Crippen LogP contribution is -2.47. The summed E-state index contributed by atoms with van der Waals surface area (Å²) in [6.45, 7) is 4.21. The smallest absolute Gasteiger partial charge is 0.317 e. The molecule has 0 aromatic heterocycles. The van der Waals surface area contributed by atoms with E-state index < -0.39 is 12.0 Å². The van der Waals surface area contributed by atoms with Crippen molar-refractivity contribution in [3.05, 3.63) is 0 Å². The van der Waals surface area contributed by atoms with Crippen molar-refractivity contribution in [3.63, 3.8) is 0 Å². The Hall–Kier alpha value is -1.43. The summed E-state index contributed by atoms with van der Waals surface area (Å²) < 4.78 is 0. The third-order valence-electron chi connectivity index (χ3n) is 4.16. The average Bonchev–Trinajstić information content (AvgIpc) is 3.13. The van der Waals surface area contributed by atoms with Crippen LogP contribution in [0.1, 0.15) is 39.5 Å². The van der Waals surface area contributed by atoms with Crippen molar-refractivity contribution >= 4 is 17.8 Å². The first kappa shape index (κ1) is 15.0. The molecule has 1 aliphatic heterocycles. The molecule has 2 rings (SSSR count). The molecule has 0 radical (unpaired) electrons. The molecular weight excluding hydrogens is 260 g/mol. The molecule has 0 bridgehead atoms. The van der Waals surface area contributed by atoms with Gasteiger partial charge in [-0.3, -0.25) is 24.2 Å². The molecule has 20 heavy (non-hydrogen) atoms. The normalized spacial score (nSPS) is 24.6. The van der Waals surface area contributed by atoms with Crippen molar-refractivity contribution in [2.24, 2.45) is 5.92 Å². The van der Waals surface area contributed by atoms with Gasteiger partial charge < -0.3 is 5.11 Å². The highest BCUT2D eigenvalue weighted by molar-refractivity contribution is 6.06. The molecule has 2 aliphatic rings. The molecular formula is C14H22N2O4. The zero-order valence-corrected chi connectivity index (χ0v) is 12.0. The Labute approximate surface area is 118 Å². The number of rotatable bonds is 7. The summed E-state index contributed by atoms with van der Waals surface area (Å²) in [6.07, 6.45) is 3.00. The van der Waals surface area contributed by atoms with Crippen molar-refractivity contribution in [1.82, 2.24) is 9.80 Å². The Morgan fingerprint density at radius 2 is 2.10 bits per heavy atom. The van der Waals surface area contributed by atoms with Crippen molar-refractivity contribution in [3.8, 4) is 0 Å². The fourth-order valence-corrected chi connectivity index (χ4v) is 2.67. The maximum atomic E-state index is 12.4. The Morgan fingerprint density at radius 1 is 1.45 bits per heavy atom. The summed E-state index contributed by atoms with van der Waals surface area (Å²) in [6, 6.07) is -0.708. The minimum absolute atomic E-state index is 0.114. The quantitative estimate of drug-likeness (QED) is 0.696. The molecule has 1 N–H and O–H groups in total. The molecule has 1 saturated heterocycles. The summed E-state index contributed by atoms with van der Waals surface area (Å²) >= 11 is 0. The number of likely N-dealkylation sites (tertiary alicyclic amines) is 1. The molecule has 2 fully saturated rings. The van der Waals surface area contributed by atoms with Crippen molar-refractivity contribution in [2.75, 3.05) is 13.1 Å². The van der Waals surface area contributed by atoms with Gasteiger partial charge in [0.15, 0.2) is 0 Å². The Kier molecular flexibility index (Phi) is 4.42. The number of hydrogen-bond donors (Lipinski definition) is 1. The van der Waals surface area contributed by atoms with E-state index in [-0.39, 0.29) is 30.8 Å². The zero-order chi connectivity index (χ0) is 14.9. The van der Waals surface area contributed by atoms with Crippen molar-refractivity contribution in [2.45, 2.75) is 51.6 Å². The van der Waals surface area contributed by atoms with E-state index in [4.69, 9.17) is 5.11 Å². The predicted octanol–water partition coefficient (Wildman–Crippen LogP) is 0.709. The van der Waals surface area contributed by atoms with Crippen LogP contribution in [0.25, 0.3) is 0 Å². The number of hydrogen-bond acceptors (Lipinski definition) is 4. The fraction of sp³-hybridized carbons (Fsp3) is 0.786. The number of carbonyl (C=O) groups is 3. The van der Waals surface area contributed by atoms with E-state index in [0.29, 0.717) is 18.9 Å². The van der Waals surface area contributed by atoms with Gasteiger partial charge in [0.1, 0.15) is 0 Å². The Bertz CT molecular complexity index is 419. The number of carboxylic acids is 1. The molecule has 2 unspecified atom stereocenters. The molecule has 0 spiro atoms. The molecule has 2 atom stereocenters. The lowest BCUT2D eigenvalue weighted by Gasteiger charge is -2.27. The molecule has 0 aromatic rings. The number of amides is 2. The molecule has 112 valence electrons. The highest BCUT2D eigenvalue weighted by Crippen LogP contribution is 2.32. The summed E-state index contributed by atoms with van der Waals surface area (Å²) in [5, 5.41) is 9.00. The molecule has 1 aliphatic carbocycles. The molecule has 6 nitrogen and oxygen atoms in total. The first-order valence-electron chi connectivity index (χ1n) is 7.25. The zero-order valence-electron chi connectivity index (χ0n) is 12.0. The molecule has 1 saturated carbocycles. The number of carboxylic acid groups (broad SMARTS) is 1. The maximum absolute atomic E-state index is 12.4. The van der Waals surface area contributed by atoms with E-state index in [9.17, 15) is 14.4 Å². The van der Waals surface area contributed by atoms with Gasteiger partial charge in [0, 0.05) is 12.6 Å². The van der Waals surface area contributed by atoms with Crippen LogP contribution in [-0.2, 0) is 14.4 Å². The van der Waals surface area contributed by atoms with Gasteiger partial charge in [-0.25, -0.2) is 0 Å². The lowest BCUT2D eigenvalue weighted by atomic mass is 10.2. The third-order valence-corrected chi connectivity index (χ3v) is 4.16. The van der Waals surface area contributed by atoms with Crippen LogP contribution in [0.4, 0.5) is 0 Å². The highest BCUT2D eigenvalue weighted by Gasteiger charge is 2.44. The van der Waals surface area contributed by atoms with Crippen LogP contribution >= 0.6 is 0 Å². The van der Waals surface area contributed by atoms with Gasteiger partial charge in [-0.2, -0.15) is 0 Å². The predicted molar refractivity (Wildman–Crippen MR) is 71.9 cm³/mol. The van der Waals surface area contributed by atoms with Crippen LogP contribution in [0.5, 0.6) is 0 Å². The highest BCUT2D eigenvalue weighted by atomic mass is 16.4.